The van der Waals surface area contributed by atoms with Gasteiger partial charge in [-0.3, -0.25) is 4.79 Å². The Morgan fingerprint density at radius 3 is 2.60 bits per heavy atom. The van der Waals surface area contributed by atoms with Gasteiger partial charge in [0.2, 0.25) is 0 Å². The first-order valence-corrected chi connectivity index (χ1v) is 7.26. The van der Waals surface area contributed by atoms with Crippen LogP contribution in [0.15, 0.2) is 48.5 Å². The van der Waals surface area contributed by atoms with Crippen molar-refractivity contribution in [2.45, 2.75) is 31.6 Å². The summed E-state index contributed by atoms with van der Waals surface area (Å²) in [5, 5.41) is 0.723. The van der Waals surface area contributed by atoms with Gasteiger partial charge in [-0.2, -0.15) is 0 Å². The lowest BCUT2D eigenvalue weighted by molar-refractivity contribution is -0.123. The number of hydrogen-bond acceptors (Lipinski definition) is 1. The summed E-state index contributed by atoms with van der Waals surface area (Å²) >= 11 is 6.04. The maximum atomic E-state index is 12.7. The number of Topliss-reactive ketones (excluding diaryl/α,β-unsaturated/α-hetero) is 1. The van der Waals surface area contributed by atoms with Crippen LogP contribution in [0.1, 0.15) is 36.5 Å². The van der Waals surface area contributed by atoms with Crippen LogP contribution in [-0.4, -0.2) is 5.78 Å². The summed E-state index contributed by atoms with van der Waals surface area (Å²) in [6.07, 6.45) is 0.722. The molecule has 0 heterocycles. The van der Waals surface area contributed by atoms with Gasteiger partial charge in [-0.05, 0) is 49.1 Å². The van der Waals surface area contributed by atoms with E-state index in [1.165, 1.54) is 5.56 Å². The largest absolute Gasteiger partial charge is 0.298 e. The molecule has 1 nitrogen and oxygen atoms in total. The molecule has 0 aromatic heterocycles. The lowest BCUT2D eigenvalue weighted by Crippen LogP contribution is -2.26. The highest BCUT2D eigenvalue weighted by molar-refractivity contribution is 6.30. The first kappa shape index (κ1) is 13.4. The predicted octanol–water partition coefficient (Wildman–Crippen LogP) is 4.53. The van der Waals surface area contributed by atoms with E-state index in [9.17, 15) is 4.79 Å². The molecule has 2 heteroatoms. The molecule has 0 fully saturated rings. The fraction of sp³-hybridized carbons (Fsp3) is 0.278. The van der Waals surface area contributed by atoms with Crippen molar-refractivity contribution in [2.75, 3.05) is 0 Å². The molecule has 102 valence electrons. The molecule has 0 radical (unpaired) electrons. The molecule has 0 saturated heterocycles. The zero-order valence-electron chi connectivity index (χ0n) is 11.7. The van der Waals surface area contributed by atoms with Crippen molar-refractivity contribution in [3.63, 3.8) is 0 Å². The van der Waals surface area contributed by atoms with Crippen LogP contribution in [0.5, 0.6) is 0 Å². The molecular weight excluding hydrogens is 268 g/mol. The number of benzene rings is 2. The molecule has 0 spiro atoms. The van der Waals surface area contributed by atoms with E-state index >= 15 is 0 Å². The Hall–Kier alpha value is -1.60. The van der Waals surface area contributed by atoms with Crippen LogP contribution in [0.4, 0.5) is 0 Å². The van der Waals surface area contributed by atoms with Crippen molar-refractivity contribution in [1.82, 2.24) is 0 Å². The SMILES string of the molecule is CC1(C)C(=O)[C@H](Cc2cccc(Cl)c2)c2ccccc21. The topological polar surface area (TPSA) is 17.1 Å². The normalized spacial score (nSPS) is 19.9. The number of fused-ring (bicyclic) bond motifs is 1. The van der Waals surface area contributed by atoms with Crippen molar-refractivity contribution in [3.8, 4) is 0 Å². The average Bonchev–Trinajstić information content (AvgIpc) is 2.61. The zero-order valence-corrected chi connectivity index (χ0v) is 12.4. The highest BCUT2D eigenvalue weighted by Crippen LogP contribution is 2.44. The summed E-state index contributed by atoms with van der Waals surface area (Å²) in [5.41, 5.74) is 3.06. The van der Waals surface area contributed by atoms with Crippen LogP contribution >= 0.6 is 11.6 Å². The van der Waals surface area contributed by atoms with Gasteiger partial charge in [-0.1, -0.05) is 48.0 Å². The van der Waals surface area contributed by atoms with E-state index in [1.807, 2.05) is 50.2 Å². The van der Waals surface area contributed by atoms with Gasteiger partial charge in [0.05, 0.1) is 0 Å². The second-order valence-electron chi connectivity index (χ2n) is 5.96. The molecule has 0 aliphatic heterocycles. The van der Waals surface area contributed by atoms with Crippen molar-refractivity contribution >= 4 is 17.4 Å². The number of carbonyl (C=O) groups excluding carboxylic acids is 1. The van der Waals surface area contributed by atoms with Crippen molar-refractivity contribution in [3.05, 3.63) is 70.2 Å². The molecule has 0 N–H and O–H groups in total. The molecule has 0 amide bonds. The summed E-state index contributed by atoms with van der Waals surface area (Å²) in [7, 11) is 0. The smallest absolute Gasteiger partial charge is 0.150 e. The maximum Gasteiger partial charge on any atom is 0.150 e. The monoisotopic (exact) mass is 284 g/mol. The summed E-state index contributed by atoms with van der Waals surface area (Å²) in [5.74, 6) is 0.248. The number of rotatable bonds is 2. The van der Waals surface area contributed by atoms with E-state index in [-0.39, 0.29) is 11.3 Å². The van der Waals surface area contributed by atoms with Gasteiger partial charge >= 0.3 is 0 Å². The van der Waals surface area contributed by atoms with Crippen molar-refractivity contribution < 1.29 is 4.79 Å². The number of halogens is 1. The Balaban J connectivity index is 2.01. The number of carbonyl (C=O) groups is 1. The van der Waals surface area contributed by atoms with Crippen LogP contribution in [0, 0.1) is 0 Å². The molecule has 2 aromatic carbocycles. The van der Waals surface area contributed by atoms with Crippen LogP contribution in [0.25, 0.3) is 0 Å². The quantitative estimate of drug-likeness (QED) is 0.792. The molecule has 2 aromatic rings. The molecule has 20 heavy (non-hydrogen) atoms. The molecule has 1 aliphatic rings. The van der Waals surface area contributed by atoms with E-state index in [4.69, 9.17) is 11.6 Å². The molecule has 3 rings (SSSR count). The van der Waals surface area contributed by atoms with Gasteiger partial charge in [0, 0.05) is 16.4 Å². The van der Waals surface area contributed by atoms with E-state index in [0.29, 0.717) is 5.78 Å². The lowest BCUT2D eigenvalue weighted by Gasteiger charge is -2.17. The Bertz CT molecular complexity index is 673. The Morgan fingerprint density at radius 1 is 1.10 bits per heavy atom. The Labute approximate surface area is 124 Å². The second kappa shape index (κ2) is 4.75. The minimum absolute atomic E-state index is 0.0559. The summed E-state index contributed by atoms with van der Waals surface area (Å²) < 4.78 is 0. The summed E-state index contributed by atoms with van der Waals surface area (Å²) in [6, 6.07) is 16.0. The second-order valence-corrected chi connectivity index (χ2v) is 6.40. The van der Waals surface area contributed by atoms with Crippen molar-refractivity contribution in [2.24, 2.45) is 0 Å². The van der Waals surface area contributed by atoms with Crippen LogP contribution in [-0.2, 0) is 16.6 Å². The zero-order chi connectivity index (χ0) is 14.3. The van der Waals surface area contributed by atoms with Gasteiger partial charge in [0.1, 0.15) is 0 Å². The third-order valence-corrected chi connectivity index (χ3v) is 4.51. The molecule has 1 atom stereocenters. The Kier molecular flexibility index (Phi) is 3.18. The van der Waals surface area contributed by atoms with Gasteiger partial charge in [0.15, 0.2) is 5.78 Å². The van der Waals surface area contributed by atoms with E-state index in [0.717, 1.165) is 22.6 Å². The number of ketones is 1. The van der Waals surface area contributed by atoms with E-state index in [2.05, 4.69) is 12.1 Å². The number of hydrogen-bond donors (Lipinski definition) is 0. The average molecular weight is 285 g/mol. The molecule has 0 bridgehead atoms. The van der Waals surface area contributed by atoms with Gasteiger partial charge in [-0.25, -0.2) is 0 Å². The third-order valence-electron chi connectivity index (χ3n) is 4.27. The maximum absolute atomic E-state index is 12.7. The van der Waals surface area contributed by atoms with Gasteiger partial charge in [0.25, 0.3) is 0 Å². The molecule has 1 aliphatic carbocycles. The lowest BCUT2D eigenvalue weighted by atomic mass is 9.84. The first-order valence-electron chi connectivity index (χ1n) is 6.88. The van der Waals surface area contributed by atoms with Gasteiger partial charge in [-0.15, -0.1) is 0 Å². The van der Waals surface area contributed by atoms with Crippen LogP contribution < -0.4 is 0 Å². The highest BCUT2D eigenvalue weighted by atomic mass is 35.5. The summed E-state index contributed by atoms with van der Waals surface area (Å²) in [6.45, 7) is 4.04. The standard InChI is InChI=1S/C18H17ClO/c1-18(2)16-9-4-3-8-14(16)15(17(18)20)11-12-6-5-7-13(19)10-12/h3-10,15H,11H2,1-2H3/t15-/m1/s1. The molecule has 0 saturated carbocycles. The highest BCUT2D eigenvalue weighted by Gasteiger charge is 2.44. The third kappa shape index (κ3) is 2.06. The minimum atomic E-state index is -0.389. The van der Waals surface area contributed by atoms with Crippen LogP contribution in [0.2, 0.25) is 5.02 Å². The Morgan fingerprint density at radius 2 is 1.85 bits per heavy atom. The van der Waals surface area contributed by atoms with Crippen molar-refractivity contribution in [1.29, 1.82) is 0 Å². The predicted molar refractivity (Wildman–Crippen MR) is 82.4 cm³/mol. The van der Waals surface area contributed by atoms with Crippen LogP contribution in [0.3, 0.4) is 0 Å². The molecule has 0 unspecified atom stereocenters. The first-order chi connectivity index (χ1) is 9.50. The molecular formula is C18H17ClO. The fourth-order valence-corrected chi connectivity index (χ4v) is 3.39. The fourth-order valence-electron chi connectivity index (χ4n) is 3.18. The minimum Gasteiger partial charge on any atom is -0.298 e. The van der Waals surface area contributed by atoms with E-state index < -0.39 is 0 Å². The van der Waals surface area contributed by atoms with E-state index in [1.54, 1.807) is 0 Å². The summed E-state index contributed by atoms with van der Waals surface area (Å²) in [4.78, 5) is 12.7. The van der Waals surface area contributed by atoms with Gasteiger partial charge < -0.3 is 0 Å².